The summed E-state index contributed by atoms with van der Waals surface area (Å²) in [5.41, 5.74) is -0.344. The van der Waals surface area contributed by atoms with Crippen molar-refractivity contribution >= 4 is 27.9 Å². The second-order valence-electron chi connectivity index (χ2n) is 7.72. The summed E-state index contributed by atoms with van der Waals surface area (Å²) in [4.78, 5) is 38.3. The first-order valence-corrected chi connectivity index (χ1v) is 11.2. The van der Waals surface area contributed by atoms with E-state index < -0.39 is 27.5 Å². The predicted octanol–water partition coefficient (Wildman–Crippen LogP) is 0.841. The van der Waals surface area contributed by atoms with Gasteiger partial charge >= 0.3 is 6.03 Å². The molecule has 0 bridgehead atoms. The van der Waals surface area contributed by atoms with E-state index in [1.165, 1.54) is 18.2 Å². The highest BCUT2D eigenvalue weighted by atomic mass is 32.2. The second-order valence-corrected chi connectivity index (χ2v) is 9.29. The lowest BCUT2D eigenvalue weighted by molar-refractivity contribution is -0.136. The number of carbonyl (C=O) groups is 3. The van der Waals surface area contributed by atoms with Gasteiger partial charge in [-0.2, -0.15) is 0 Å². The average Bonchev–Trinajstić information content (AvgIpc) is 2.91. The van der Waals surface area contributed by atoms with Crippen molar-refractivity contribution in [3.63, 3.8) is 0 Å². The maximum absolute atomic E-state index is 12.8. The van der Waals surface area contributed by atoms with E-state index in [0.29, 0.717) is 24.3 Å². The molecule has 2 aliphatic rings. The first-order chi connectivity index (χ1) is 13.6. The lowest BCUT2D eigenvalue weighted by Crippen LogP contribution is -2.50. The molecule has 29 heavy (non-hydrogen) atoms. The lowest BCUT2D eigenvalue weighted by atomic mass is 9.75. The smallest absolute Gasteiger partial charge is 0.325 e. The number of sulfonamides is 1. The molecule has 0 unspecified atom stereocenters. The maximum atomic E-state index is 12.8. The van der Waals surface area contributed by atoms with Gasteiger partial charge in [0.15, 0.2) is 0 Å². The SMILES string of the molecule is CCC1CCC2(CC1)NC(=O)N(CC(=O)NCc1cccc(S(N)(=O)=O)c1)C2=O. The van der Waals surface area contributed by atoms with E-state index in [4.69, 9.17) is 5.14 Å². The first kappa shape index (κ1) is 21.3. The van der Waals surface area contributed by atoms with Crippen LogP contribution in [-0.4, -0.2) is 43.2 Å². The molecule has 158 valence electrons. The molecule has 4 N–H and O–H groups in total. The second kappa shape index (κ2) is 8.11. The van der Waals surface area contributed by atoms with Crippen molar-refractivity contribution in [2.45, 2.75) is 56.0 Å². The number of rotatable bonds is 6. The van der Waals surface area contributed by atoms with Crippen molar-refractivity contribution in [2.24, 2.45) is 11.1 Å². The highest BCUT2D eigenvalue weighted by Crippen LogP contribution is 2.37. The molecule has 1 heterocycles. The molecule has 0 aromatic heterocycles. The minimum absolute atomic E-state index is 0.0508. The van der Waals surface area contributed by atoms with Gasteiger partial charge in [-0.05, 0) is 49.3 Å². The molecule has 1 saturated heterocycles. The summed E-state index contributed by atoms with van der Waals surface area (Å²) in [6, 6.07) is 5.35. The van der Waals surface area contributed by atoms with Crippen LogP contribution in [-0.2, 0) is 26.2 Å². The van der Waals surface area contributed by atoms with Gasteiger partial charge in [0.1, 0.15) is 12.1 Å². The van der Waals surface area contributed by atoms with Gasteiger partial charge in [0.25, 0.3) is 5.91 Å². The van der Waals surface area contributed by atoms with Crippen LogP contribution in [0.5, 0.6) is 0 Å². The molecule has 10 heteroatoms. The third-order valence-electron chi connectivity index (χ3n) is 5.80. The highest BCUT2D eigenvalue weighted by Gasteiger charge is 2.52. The van der Waals surface area contributed by atoms with Gasteiger partial charge in [0.2, 0.25) is 15.9 Å². The Morgan fingerprint density at radius 3 is 2.62 bits per heavy atom. The van der Waals surface area contributed by atoms with Crippen LogP contribution in [0.3, 0.4) is 0 Å². The number of hydrogen-bond donors (Lipinski definition) is 3. The van der Waals surface area contributed by atoms with Gasteiger partial charge in [0.05, 0.1) is 4.90 Å². The number of nitrogens with one attached hydrogen (secondary N) is 2. The third-order valence-corrected chi connectivity index (χ3v) is 6.71. The summed E-state index contributed by atoms with van der Waals surface area (Å²) >= 11 is 0. The quantitative estimate of drug-likeness (QED) is 0.583. The summed E-state index contributed by atoms with van der Waals surface area (Å²) in [6.45, 7) is 1.79. The van der Waals surface area contributed by atoms with Crippen LogP contribution in [0.15, 0.2) is 29.2 Å². The van der Waals surface area contributed by atoms with E-state index in [1.807, 2.05) is 0 Å². The summed E-state index contributed by atoms with van der Waals surface area (Å²) in [6.07, 6.45) is 3.99. The van der Waals surface area contributed by atoms with Gasteiger partial charge in [-0.25, -0.2) is 18.4 Å². The van der Waals surface area contributed by atoms with Crippen LogP contribution in [0.4, 0.5) is 4.79 Å². The standard InChI is InChI=1S/C19H26N4O5S/c1-2-13-6-8-19(9-7-13)17(25)23(18(26)22-19)12-16(24)21-11-14-4-3-5-15(10-14)29(20,27)28/h3-5,10,13H,2,6-9,11-12H2,1H3,(H,21,24)(H,22,26)(H2,20,27,28). The normalized spacial score (nSPS) is 24.6. The minimum atomic E-state index is -3.84. The van der Waals surface area contributed by atoms with Crippen molar-refractivity contribution in [1.29, 1.82) is 0 Å². The molecule has 0 radical (unpaired) electrons. The van der Waals surface area contributed by atoms with E-state index in [2.05, 4.69) is 17.6 Å². The fraction of sp³-hybridized carbons (Fsp3) is 0.526. The molecule has 3 rings (SSSR count). The van der Waals surface area contributed by atoms with E-state index in [-0.39, 0.29) is 23.9 Å². The molecule has 1 aliphatic carbocycles. The average molecular weight is 423 g/mol. The maximum Gasteiger partial charge on any atom is 0.325 e. The molecule has 9 nitrogen and oxygen atoms in total. The molecule has 1 aromatic rings. The van der Waals surface area contributed by atoms with Gasteiger partial charge < -0.3 is 10.6 Å². The van der Waals surface area contributed by atoms with Crippen molar-refractivity contribution in [2.75, 3.05) is 6.54 Å². The van der Waals surface area contributed by atoms with Crippen molar-refractivity contribution in [1.82, 2.24) is 15.5 Å². The largest absolute Gasteiger partial charge is 0.350 e. The number of nitrogens with two attached hydrogens (primary N) is 1. The summed E-state index contributed by atoms with van der Waals surface area (Å²) in [7, 11) is -3.84. The Bertz CT molecular complexity index is 922. The lowest BCUT2D eigenvalue weighted by Gasteiger charge is -2.34. The number of benzene rings is 1. The van der Waals surface area contributed by atoms with Crippen molar-refractivity contribution < 1.29 is 22.8 Å². The highest BCUT2D eigenvalue weighted by molar-refractivity contribution is 7.89. The fourth-order valence-corrected chi connectivity index (χ4v) is 4.55. The topological polar surface area (TPSA) is 139 Å². The van der Waals surface area contributed by atoms with E-state index >= 15 is 0 Å². The number of amides is 4. The van der Waals surface area contributed by atoms with Crippen LogP contribution in [0.1, 0.15) is 44.6 Å². The van der Waals surface area contributed by atoms with E-state index in [9.17, 15) is 22.8 Å². The molecule has 2 fully saturated rings. The monoisotopic (exact) mass is 422 g/mol. The molecular weight excluding hydrogens is 396 g/mol. The van der Waals surface area contributed by atoms with Crippen LogP contribution in [0.2, 0.25) is 0 Å². The van der Waals surface area contributed by atoms with Crippen LogP contribution in [0.25, 0.3) is 0 Å². The van der Waals surface area contributed by atoms with Crippen LogP contribution >= 0.6 is 0 Å². The van der Waals surface area contributed by atoms with Gasteiger partial charge in [-0.1, -0.05) is 25.5 Å². The summed E-state index contributed by atoms with van der Waals surface area (Å²) in [5, 5.41) is 10.5. The molecular formula is C19H26N4O5S. The Morgan fingerprint density at radius 2 is 2.00 bits per heavy atom. The number of nitrogens with zero attached hydrogens (tertiary/aromatic N) is 1. The van der Waals surface area contributed by atoms with Crippen LogP contribution in [0, 0.1) is 5.92 Å². The Morgan fingerprint density at radius 1 is 1.31 bits per heavy atom. The molecule has 1 spiro atoms. The molecule has 1 aliphatic heterocycles. The zero-order chi connectivity index (χ0) is 21.2. The van der Waals surface area contributed by atoms with Gasteiger partial charge in [-0.3, -0.25) is 14.5 Å². The number of hydrogen-bond acceptors (Lipinski definition) is 5. The zero-order valence-electron chi connectivity index (χ0n) is 16.3. The molecule has 4 amide bonds. The minimum Gasteiger partial charge on any atom is -0.350 e. The Kier molecular flexibility index (Phi) is 5.95. The van der Waals surface area contributed by atoms with E-state index in [1.54, 1.807) is 6.07 Å². The summed E-state index contributed by atoms with van der Waals surface area (Å²) in [5.74, 6) is -0.284. The summed E-state index contributed by atoms with van der Waals surface area (Å²) < 4.78 is 22.8. The Balaban J connectivity index is 1.58. The Labute approximate surface area is 170 Å². The molecule has 1 saturated carbocycles. The van der Waals surface area contributed by atoms with E-state index in [0.717, 1.165) is 24.2 Å². The Hall–Kier alpha value is -2.46. The zero-order valence-corrected chi connectivity index (χ0v) is 17.1. The molecule has 1 aromatic carbocycles. The third kappa shape index (κ3) is 4.59. The molecule has 0 atom stereocenters. The number of imide groups is 1. The predicted molar refractivity (Wildman–Crippen MR) is 105 cm³/mol. The number of carbonyl (C=O) groups excluding carboxylic acids is 3. The van der Waals surface area contributed by atoms with Crippen LogP contribution < -0.4 is 15.8 Å². The van der Waals surface area contributed by atoms with Gasteiger partial charge in [0, 0.05) is 6.54 Å². The van der Waals surface area contributed by atoms with Gasteiger partial charge in [-0.15, -0.1) is 0 Å². The van der Waals surface area contributed by atoms with Crippen molar-refractivity contribution in [3.8, 4) is 0 Å². The fourth-order valence-electron chi connectivity index (χ4n) is 3.97. The van der Waals surface area contributed by atoms with Crippen molar-refractivity contribution in [3.05, 3.63) is 29.8 Å². The number of primary sulfonamides is 1. The number of urea groups is 1. The first-order valence-electron chi connectivity index (χ1n) is 9.67.